The molecule has 1 aliphatic rings. The van der Waals surface area contributed by atoms with E-state index in [-0.39, 0.29) is 12.4 Å². The Bertz CT molecular complexity index is 587. The maximum atomic E-state index is 11.6. The van der Waals surface area contributed by atoms with Crippen LogP contribution in [-0.4, -0.2) is 27.1 Å². The minimum Gasteiger partial charge on any atom is -0.466 e. The van der Waals surface area contributed by atoms with Crippen LogP contribution in [0, 0.1) is 0 Å². The summed E-state index contributed by atoms with van der Waals surface area (Å²) in [6, 6.07) is 2.44. The second kappa shape index (κ2) is 4.40. The van der Waals surface area contributed by atoms with Gasteiger partial charge in [0.2, 0.25) is 0 Å². The standard InChI is InChI=1S/C13H15N3O2/c1-2-18-13(17)7-12-15-10-8-14-6-5-11(10)16(12)9-3-4-9/h5-6,8-9H,2-4,7H2,1H3. The summed E-state index contributed by atoms with van der Waals surface area (Å²) in [4.78, 5) is 20.2. The molecule has 0 saturated heterocycles. The number of rotatable bonds is 4. The Kier molecular flexibility index (Phi) is 2.74. The molecule has 18 heavy (non-hydrogen) atoms. The van der Waals surface area contributed by atoms with E-state index in [2.05, 4.69) is 14.5 Å². The molecule has 0 unspecified atom stereocenters. The van der Waals surface area contributed by atoms with Crippen LogP contribution in [0.3, 0.4) is 0 Å². The monoisotopic (exact) mass is 245 g/mol. The largest absolute Gasteiger partial charge is 0.466 e. The van der Waals surface area contributed by atoms with Crippen molar-refractivity contribution in [2.45, 2.75) is 32.2 Å². The fourth-order valence-electron chi connectivity index (χ4n) is 2.21. The van der Waals surface area contributed by atoms with Gasteiger partial charge in [0.1, 0.15) is 17.8 Å². The molecule has 0 amide bonds. The van der Waals surface area contributed by atoms with E-state index in [1.807, 2.05) is 13.0 Å². The van der Waals surface area contributed by atoms with Crippen LogP contribution >= 0.6 is 0 Å². The molecule has 5 nitrogen and oxygen atoms in total. The van der Waals surface area contributed by atoms with Crippen molar-refractivity contribution < 1.29 is 9.53 Å². The predicted molar refractivity (Wildman–Crippen MR) is 66.1 cm³/mol. The Morgan fingerprint density at radius 2 is 2.39 bits per heavy atom. The number of fused-ring (bicyclic) bond motifs is 1. The Morgan fingerprint density at radius 1 is 1.56 bits per heavy atom. The summed E-state index contributed by atoms with van der Waals surface area (Å²) >= 11 is 0. The van der Waals surface area contributed by atoms with E-state index in [1.165, 1.54) is 0 Å². The normalized spacial score (nSPS) is 14.9. The van der Waals surface area contributed by atoms with Gasteiger partial charge in [-0.2, -0.15) is 0 Å². The smallest absolute Gasteiger partial charge is 0.313 e. The van der Waals surface area contributed by atoms with Crippen molar-refractivity contribution >= 4 is 17.0 Å². The van der Waals surface area contributed by atoms with Crippen LogP contribution in [0.2, 0.25) is 0 Å². The number of ether oxygens (including phenoxy) is 1. The van der Waals surface area contributed by atoms with Crippen LogP contribution in [-0.2, 0) is 16.0 Å². The summed E-state index contributed by atoms with van der Waals surface area (Å²) in [7, 11) is 0. The highest BCUT2D eigenvalue weighted by atomic mass is 16.5. The number of pyridine rings is 1. The van der Waals surface area contributed by atoms with Crippen molar-refractivity contribution in [2.75, 3.05) is 6.61 Å². The molecule has 0 bridgehead atoms. The first-order chi connectivity index (χ1) is 8.79. The molecule has 1 fully saturated rings. The van der Waals surface area contributed by atoms with Gasteiger partial charge in [0.15, 0.2) is 0 Å². The highest BCUT2D eigenvalue weighted by Crippen LogP contribution is 2.38. The molecule has 0 aliphatic heterocycles. The first-order valence-electron chi connectivity index (χ1n) is 6.26. The van der Waals surface area contributed by atoms with E-state index >= 15 is 0 Å². The number of carbonyl (C=O) groups excluding carboxylic acids is 1. The van der Waals surface area contributed by atoms with E-state index in [0.29, 0.717) is 12.6 Å². The van der Waals surface area contributed by atoms with E-state index < -0.39 is 0 Å². The van der Waals surface area contributed by atoms with Gasteiger partial charge in [0.25, 0.3) is 0 Å². The highest BCUT2D eigenvalue weighted by Gasteiger charge is 2.28. The summed E-state index contributed by atoms with van der Waals surface area (Å²) in [6.07, 6.45) is 6.05. The van der Waals surface area contributed by atoms with Gasteiger partial charge < -0.3 is 9.30 Å². The van der Waals surface area contributed by atoms with E-state index in [4.69, 9.17) is 4.74 Å². The lowest BCUT2D eigenvalue weighted by Gasteiger charge is -2.06. The van der Waals surface area contributed by atoms with Crippen molar-refractivity contribution in [3.63, 3.8) is 0 Å². The molecule has 5 heteroatoms. The predicted octanol–water partition coefficient (Wildman–Crippen LogP) is 1.87. The zero-order valence-electron chi connectivity index (χ0n) is 10.3. The third-order valence-corrected chi connectivity index (χ3v) is 3.08. The van der Waals surface area contributed by atoms with Crippen LogP contribution in [0.15, 0.2) is 18.5 Å². The summed E-state index contributed by atoms with van der Waals surface area (Å²) in [6.45, 7) is 2.22. The first-order valence-corrected chi connectivity index (χ1v) is 6.26. The van der Waals surface area contributed by atoms with Crippen molar-refractivity contribution in [3.05, 3.63) is 24.3 Å². The fourth-order valence-corrected chi connectivity index (χ4v) is 2.21. The molecule has 0 radical (unpaired) electrons. The Balaban J connectivity index is 1.99. The second-order valence-electron chi connectivity index (χ2n) is 4.48. The lowest BCUT2D eigenvalue weighted by atomic mass is 10.4. The average Bonchev–Trinajstić information content (AvgIpc) is 3.11. The first kappa shape index (κ1) is 11.2. The molecule has 2 aromatic heterocycles. The quantitative estimate of drug-likeness (QED) is 0.772. The number of carbonyl (C=O) groups is 1. The van der Waals surface area contributed by atoms with Crippen molar-refractivity contribution in [1.82, 2.24) is 14.5 Å². The van der Waals surface area contributed by atoms with Gasteiger partial charge in [-0.1, -0.05) is 0 Å². The minimum atomic E-state index is -0.220. The minimum absolute atomic E-state index is 0.220. The molecule has 2 aromatic rings. The highest BCUT2D eigenvalue weighted by molar-refractivity contribution is 5.78. The van der Waals surface area contributed by atoms with Crippen molar-refractivity contribution in [1.29, 1.82) is 0 Å². The van der Waals surface area contributed by atoms with Gasteiger partial charge >= 0.3 is 5.97 Å². The lowest BCUT2D eigenvalue weighted by molar-refractivity contribution is -0.142. The lowest BCUT2D eigenvalue weighted by Crippen LogP contribution is -2.12. The number of nitrogens with zero attached hydrogens (tertiary/aromatic N) is 3. The summed E-state index contributed by atoms with van der Waals surface area (Å²) in [5, 5.41) is 0. The molecule has 0 aromatic carbocycles. The number of esters is 1. The molecule has 0 spiro atoms. The summed E-state index contributed by atoms with van der Waals surface area (Å²) < 4.78 is 7.15. The molecule has 0 N–H and O–H groups in total. The zero-order valence-corrected chi connectivity index (χ0v) is 10.3. The summed E-state index contributed by atoms with van der Waals surface area (Å²) in [5.74, 6) is 0.571. The maximum Gasteiger partial charge on any atom is 0.313 e. The molecule has 0 atom stereocenters. The van der Waals surface area contributed by atoms with Gasteiger partial charge in [0.05, 0.1) is 18.3 Å². The SMILES string of the molecule is CCOC(=O)Cc1nc2cnccc2n1C1CC1. The summed E-state index contributed by atoms with van der Waals surface area (Å²) in [5.41, 5.74) is 1.91. The van der Waals surface area contributed by atoms with E-state index in [0.717, 1.165) is 29.7 Å². The third kappa shape index (κ3) is 1.96. The zero-order chi connectivity index (χ0) is 12.5. The van der Waals surface area contributed by atoms with Crippen LogP contribution in [0.25, 0.3) is 11.0 Å². The van der Waals surface area contributed by atoms with E-state index in [9.17, 15) is 4.79 Å². The third-order valence-electron chi connectivity index (χ3n) is 3.08. The number of imidazole rings is 1. The number of aromatic nitrogens is 3. The average molecular weight is 245 g/mol. The topological polar surface area (TPSA) is 57.0 Å². The molecule has 2 heterocycles. The van der Waals surface area contributed by atoms with E-state index in [1.54, 1.807) is 12.4 Å². The van der Waals surface area contributed by atoms with Gasteiger partial charge in [-0.25, -0.2) is 4.98 Å². The van der Waals surface area contributed by atoms with Crippen LogP contribution in [0.4, 0.5) is 0 Å². The van der Waals surface area contributed by atoms with Gasteiger partial charge in [0, 0.05) is 12.2 Å². The van der Waals surface area contributed by atoms with Crippen molar-refractivity contribution in [2.24, 2.45) is 0 Å². The fraction of sp³-hybridized carbons (Fsp3) is 0.462. The molecule has 3 rings (SSSR count). The molecular formula is C13H15N3O2. The van der Waals surface area contributed by atoms with Crippen LogP contribution in [0.1, 0.15) is 31.6 Å². The molecule has 94 valence electrons. The van der Waals surface area contributed by atoms with Crippen LogP contribution < -0.4 is 0 Å². The Labute approximate surface area is 105 Å². The Morgan fingerprint density at radius 3 is 3.11 bits per heavy atom. The Hall–Kier alpha value is -1.91. The van der Waals surface area contributed by atoms with Gasteiger partial charge in [-0.05, 0) is 25.8 Å². The molecule has 1 aliphatic carbocycles. The number of hydrogen-bond acceptors (Lipinski definition) is 4. The molecule has 1 saturated carbocycles. The van der Waals surface area contributed by atoms with Crippen molar-refractivity contribution in [3.8, 4) is 0 Å². The van der Waals surface area contributed by atoms with Gasteiger partial charge in [-0.15, -0.1) is 0 Å². The second-order valence-corrected chi connectivity index (χ2v) is 4.48. The maximum absolute atomic E-state index is 11.6. The molecular weight excluding hydrogens is 230 g/mol. The van der Waals surface area contributed by atoms with Gasteiger partial charge in [-0.3, -0.25) is 9.78 Å². The van der Waals surface area contributed by atoms with Crippen LogP contribution in [0.5, 0.6) is 0 Å². The number of hydrogen-bond donors (Lipinski definition) is 0.